The standard InChI is InChI=1S/C15H30N2O4S2.C3H4O2/c1-15(2,9-20-13(18)11(16)5-7-22-3)10-21-14(19)12(17)6-8-23-4;1-2-3(4)5/h11-12H,5-10,16-17H2,1-4H3;2H,1H2,(H,4,5)/t11-,12-;/m0./s1. The maximum Gasteiger partial charge on any atom is 0.327 e. The molecular formula is C18H34N2O6S2. The molecule has 0 fully saturated rings. The van der Waals surface area contributed by atoms with Crippen LogP contribution in [0.2, 0.25) is 0 Å². The number of ether oxygens (including phenoxy) is 2. The summed E-state index contributed by atoms with van der Waals surface area (Å²) in [5.74, 6) is -0.202. The minimum atomic E-state index is -0.981. The molecule has 0 aliphatic heterocycles. The third kappa shape index (κ3) is 16.9. The summed E-state index contributed by atoms with van der Waals surface area (Å²) in [6.07, 6.45) is 5.91. The number of carboxylic acids is 1. The van der Waals surface area contributed by atoms with Crippen molar-refractivity contribution in [2.45, 2.75) is 38.8 Å². The molecule has 0 saturated heterocycles. The van der Waals surface area contributed by atoms with Crippen molar-refractivity contribution in [1.29, 1.82) is 0 Å². The third-order valence-corrected chi connectivity index (χ3v) is 4.54. The van der Waals surface area contributed by atoms with Gasteiger partial charge in [0, 0.05) is 11.5 Å². The Hall–Kier alpha value is -1.23. The molecule has 0 aromatic rings. The quantitative estimate of drug-likeness (QED) is 0.286. The Balaban J connectivity index is 0. The zero-order chi connectivity index (χ0) is 22.2. The fraction of sp³-hybridized carbons (Fsp3) is 0.722. The molecule has 2 atom stereocenters. The number of hydrogen-bond acceptors (Lipinski definition) is 9. The minimum absolute atomic E-state index is 0.145. The normalized spacial score (nSPS) is 12.8. The largest absolute Gasteiger partial charge is 0.478 e. The maximum absolute atomic E-state index is 11.8. The lowest BCUT2D eigenvalue weighted by Gasteiger charge is -2.25. The Morgan fingerprint density at radius 2 is 1.32 bits per heavy atom. The van der Waals surface area contributed by atoms with Crippen LogP contribution in [0.5, 0.6) is 0 Å². The average molecular weight is 439 g/mol. The first-order chi connectivity index (χ1) is 13.0. The molecule has 0 amide bonds. The molecule has 5 N–H and O–H groups in total. The second kappa shape index (κ2) is 16.7. The Kier molecular flexibility index (Phi) is 17.3. The van der Waals surface area contributed by atoms with E-state index in [9.17, 15) is 14.4 Å². The summed E-state index contributed by atoms with van der Waals surface area (Å²) < 4.78 is 10.4. The first kappa shape index (κ1) is 29.0. The van der Waals surface area contributed by atoms with E-state index in [4.69, 9.17) is 26.0 Å². The van der Waals surface area contributed by atoms with Crippen molar-refractivity contribution in [3.63, 3.8) is 0 Å². The third-order valence-electron chi connectivity index (χ3n) is 3.26. The second-order valence-corrected chi connectivity index (χ2v) is 8.67. The number of thioether (sulfide) groups is 2. The highest BCUT2D eigenvalue weighted by Crippen LogP contribution is 2.17. The number of hydrogen-bond donors (Lipinski definition) is 3. The Bertz CT molecular complexity index is 457. The minimum Gasteiger partial charge on any atom is -0.478 e. The van der Waals surface area contributed by atoms with E-state index >= 15 is 0 Å². The first-order valence-electron chi connectivity index (χ1n) is 8.68. The topological polar surface area (TPSA) is 142 Å². The summed E-state index contributed by atoms with van der Waals surface area (Å²) >= 11 is 3.26. The highest BCUT2D eigenvalue weighted by Gasteiger charge is 2.26. The number of carbonyl (C=O) groups excluding carboxylic acids is 2. The van der Waals surface area contributed by atoms with Crippen molar-refractivity contribution in [2.75, 3.05) is 37.2 Å². The zero-order valence-corrected chi connectivity index (χ0v) is 18.8. The van der Waals surface area contributed by atoms with Crippen LogP contribution in [0, 0.1) is 5.41 Å². The molecule has 8 nitrogen and oxygen atoms in total. The Morgan fingerprint density at radius 1 is 1.00 bits per heavy atom. The predicted octanol–water partition coefficient (Wildman–Crippen LogP) is 1.52. The molecule has 10 heteroatoms. The molecule has 0 aliphatic carbocycles. The van der Waals surface area contributed by atoms with Gasteiger partial charge in [-0.15, -0.1) is 0 Å². The molecule has 0 spiro atoms. The van der Waals surface area contributed by atoms with Gasteiger partial charge in [0.2, 0.25) is 0 Å². The molecular weight excluding hydrogens is 404 g/mol. The molecule has 0 aromatic carbocycles. The molecule has 0 radical (unpaired) electrons. The fourth-order valence-electron chi connectivity index (χ4n) is 1.51. The highest BCUT2D eigenvalue weighted by molar-refractivity contribution is 7.98. The van der Waals surface area contributed by atoms with E-state index in [2.05, 4.69) is 6.58 Å². The smallest absolute Gasteiger partial charge is 0.327 e. The molecule has 0 saturated carbocycles. The van der Waals surface area contributed by atoms with Crippen LogP contribution in [0.4, 0.5) is 0 Å². The van der Waals surface area contributed by atoms with E-state index in [1.54, 1.807) is 23.5 Å². The monoisotopic (exact) mass is 438 g/mol. The second-order valence-electron chi connectivity index (χ2n) is 6.70. The number of esters is 2. The molecule has 0 aliphatic rings. The van der Waals surface area contributed by atoms with Gasteiger partial charge in [0.25, 0.3) is 0 Å². The van der Waals surface area contributed by atoms with Gasteiger partial charge in [-0.25, -0.2) is 4.79 Å². The summed E-state index contributed by atoms with van der Waals surface area (Å²) in [5, 5.41) is 7.60. The van der Waals surface area contributed by atoms with Gasteiger partial charge in [0.15, 0.2) is 0 Å². The summed E-state index contributed by atoms with van der Waals surface area (Å²) in [7, 11) is 0. The number of carbonyl (C=O) groups is 3. The lowest BCUT2D eigenvalue weighted by molar-refractivity contribution is -0.154. The molecule has 164 valence electrons. The zero-order valence-electron chi connectivity index (χ0n) is 17.1. The van der Waals surface area contributed by atoms with Crippen LogP contribution in [0.25, 0.3) is 0 Å². The van der Waals surface area contributed by atoms with Gasteiger partial charge in [0.1, 0.15) is 12.1 Å². The molecule has 0 unspecified atom stereocenters. The first-order valence-corrected chi connectivity index (χ1v) is 11.5. The molecule has 0 aromatic heterocycles. The van der Waals surface area contributed by atoms with Gasteiger partial charge in [-0.05, 0) is 36.9 Å². The van der Waals surface area contributed by atoms with Crippen molar-refractivity contribution in [1.82, 2.24) is 0 Å². The van der Waals surface area contributed by atoms with Crippen LogP contribution < -0.4 is 11.5 Å². The van der Waals surface area contributed by atoms with Crippen LogP contribution in [0.3, 0.4) is 0 Å². The summed E-state index contributed by atoms with van der Waals surface area (Å²) in [6, 6.07) is -1.22. The maximum atomic E-state index is 11.8. The lowest BCUT2D eigenvalue weighted by atomic mass is 9.96. The van der Waals surface area contributed by atoms with E-state index in [1.807, 2.05) is 26.4 Å². The van der Waals surface area contributed by atoms with Gasteiger partial charge in [-0.3, -0.25) is 9.59 Å². The van der Waals surface area contributed by atoms with Crippen molar-refractivity contribution in [3.8, 4) is 0 Å². The van der Waals surface area contributed by atoms with Crippen molar-refractivity contribution < 1.29 is 29.0 Å². The number of carboxylic acid groups (broad SMARTS) is 1. The summed E-state index contributed by atoms with van der Waals surface area (Å²) in [6.45, 7) is 6.96. The van der Waals surface area contributed by atoms with Gasteiger partial charge in [-0.2, -0.15) is 23.5 Å². The summed E-state index contributed by atoms with van der Waals surface area (Å²) in [5.41, 5.74) is 11.0. The van der Waals surface area contributed by atoms with Crippen molar-refractivity contribution in [2.24, 2.45) is 16.9 Å². The lowest BCUT2D eigenvalue weighted by Crippen LogP contribution is -2.38. The molecule has 28 heavy (non-hydrogen) atoms. The van der Waals surface area contributed by atoms with E-state index < -0.39 is 35.4 Å². The van der Waals surface area contributed by atoms with Crippen LogP contribution in [-0.4, -0.2) is 72.3 Å². The van der Waals surface area contributed by atoms with Gasteiger partial charge in [-0.1, -0.05) is 20.4 Å². The van der Waals surface area contributed by atoms with Crippen molar-refractivity contribution >= 4 is 41.4 Å². The number of nitrogens with two attached hydrogens (primary N) is 2. The van der Waals surface area contributed by atoms with E-state index in [-0.39, 0.29) is 13.2 Å². The fourth-order valence-corrected chi connectivity index (χ4v) is 2.49. The van der Waals surface area contributed by atoms with Crippen LogP contribution in [0.1, 0.15) is 26.7 Å². The number of rotatable bonds is 13. The van der Waals surface area contributed by atoms with E-state index in [0.717, 1.165) is 17.6 Å². The average Bonchev–Trinajstić information content (AvgIpc) is 2.66. The van der Waals surface area contributed by atoms with Gasteiger partial charge in [0.05, 0.1) is 13.2 Å². The molecule has 0 rings (SSSR count). The highest BCUT2D eigenvalue weighted by atomic mass is 32.2. The van der Waals surface area contributed by atoms with Crippen LogP contribution in [-0.2, 0) is 23.9 Å². The molecule has 0 heterocycles. The van der Waals surface area contributed by atoms with E-state index in [0.29, 0.717) is 12.8 Å². The van der Waals surface area contributed by atoms with Crippen LogP contribution in [0.15, 0.2) is 12.7 Å². The Labute approximate surface area is 176 Å². The Morgan fingerprint density at radius 3 is 1.57 bits per heavy atom. The van der Waals surface area contributed by atoms with Crippen LogP contribution >= 0.6 is 23.5 Å². The van der Waals surface area contributed by atoms with Gasteiger partial charge >= 0.3 is 17.9 Å². The van der Waals surface area contributed by atoms with Crippen molar-refractivity contribution in [3.05, 3.63) is 12.7 Å². The predicted molar refractivity (Wildman–Crippen MR) is 115 cm³/mol. The summed E-state index contributed by atoms with van der Waals surface area (Å²) in [4.78, 5) is 32.8. The SMILES string of the molecule is C=CC(=O)O.CSCC[C@H](N)C(=O)OCC(C)(C)COC(=O)[C@@H](N)CCSC. The molecule has 0 bridgehead atoms. The van der Waals surface area contributed by atoms with E-state index in [1.165, 1.54) is 0 Å². The van der Waals surface area contributed by atoms with Gasteiger partial charge < -0.3 is 26.0 Å². The number of aliphatic carboxylic acids is 1.